The Balaban J connectivity index is 1.32. The Morgan fingerprint density at radius 3 is 2.42 bits per heavy atom. The van der Waals surface area contributed by atoms with Crippen molar-refractivity contribution in [3.8, 4) is 0 Å². The Morgan fingerprint density at radius 2 is 1.70 bits per heavy atom. The predicted molar refractivity (Wildman–Crippen MR) is 122 cm³/mol. The van der Waals surface area contributed by atoms with E-state index in [0.29, 0.717) is 30.4 Å². The molecular weight excluding hydrogens is 424 g/mol. The zero-order valence-electron chi connectivity index (χ0n) is 17.2. The van der Waals surface area contributed by atoms with Crippen LogP contribution in [0.1, 0.15) is 15.9 Å². The summed E-state index contributed by atoms with van der Waals surface area (Å²) in [4.78, 5) is 24.5. The fourth-order valence-electron chi connectivity index (χ4n) is 3.34. The summed E-state index contributed by atoms with van der Waals surface area (Å²) in [6, 6.07) is 16.3. The third kappa shape index (κ3) is 4.38. The van der Waals surface area contributed by atoms with E-state index in [4.69, 9.17) is 9.74 Å². The van der Waals surface area contributed by atoms with Gasteiger partial charge in [0, 0.05) is 12.2 Å². The molecule has 33 heavy (non-hydrogen) atoms. The van der Waals surface area contributed by atoms with Crippen molar-refractivity contribution >= 4 is 40.3 Å². The van der Waals surface area contributed by atoms with Crippen LogP contribution in [0.4, 0.5) is 17.3 Å². The molecule has 5 rings (SSSR count). The molecule has 1 aliphatic rings. The van der Waals surface area contributed by atoms with Crippen molar-refractivity contribution in [2.45, 2.75) is 0 Å². The van der Waals surface area contributed by atoms with E-state index in [1.165, 1.54) is 12.1 Å². The molecular formula is C22H18N8O3. The minimum absolute atomic E-state index is 0.184. The summed E-state index contributed by atoms with van der Waals surface area (Å²) in [6.45, 7) is 1.13. The summed E-state index contributed by atoms with van der Waals surface area (Å²) in [5.74, 6) is -0.258. The van der Waals surface area contributed by atoms with Crippen LogP contribution in [0, 0.1) is 0 Å². The highest BCUT2D eigenvalue weighted by Crippen LogP contribution is 2.24. The average molecular weight is 442 g/mol. The number of carboxylic acid groups (broad SMARTS) is 1. The Morgan fingerprint density at radius 1 is 0.970 bits per heavy atom. The summed E-state index contributed by atoms with van der Waals surface area (Å²) in [5.41, 5.74) is 10.6. The number of fused-ring (bicyclic) bond motifs is 1. The van der Waals surface area contributed by atoms with Gasteiger partial charge in [-0.25, -0.2) is 19.8 Å². The fraction of sp³-hybridized carbons (Fsp3) is 0.0909. The largest absolute Gasteiger partial charge is 0.478 e. The van der Waals surface area contributed by atoms with Crippen LogP contribution in [0.5, 0.6) is 0 Å². The number of anilines is 3. The smallest absolute Gasteiger partial charge is 0.335 e. The summed E-state index contributed by atoms with van der Waals surface area (Å²) >= 11 is 0. The number of hydrogen-bond donors (Lipinski definition) is 4. The third-order valence-electron chi connectivity index (χ3n) is 4.93. The molecule has 2 aromatic heterocycles. The minimum Gasteiger partial charge on any atom is -0.478 e. The van der Waals surface area contributed by atoms with Gasteiger partial charge in [-0.1, -0.05) is 36.4 Å². The second-order valence-electron chi connectivity index (χ2n) is 7.10. The molecule has 3 heterocycles. The van der Waals surface area contributed by atoms with Gasteiger partial charge in [-0.05, 0) is 45.7 Å². The van der Waals surface area contributed by atoms with Crippen molar-refractivity contribution < 1.29 is 14.5 Å². The topological polar surface area (TPSA) is 150 Å². The second-order valence-corrected chi connectivity index (χ2v) is 7.10. The van der Waals surface area contributed by atoms with Crippen LogP contribution in [-0.2, 0) is 0 Å². The summed E-state index contributed by atoms with van der Waals surface area (Å²) in [6.07, 6.45) is 2.07. The first-order valence-corrected chi connectivity index (χ1v) is 10.1. The molecule has 0 saturated carbocycles. The molecule has 4 N–H and O–H groups in total. The lowest BCUT2D eigenvalue weighted by Crippen LogP contribution is -2.27. The van der Waals surface area contributed by atoms with Crippen LogP contribution in [-0.4, -0.2) is 50.2 Å². The molecule has 0 spiro atoms. The lowest BCUT2D eigenvalue weighted by molar-refractivity contribution is 0.0697. The van der Waals surface area contributed by atoms with E-state index in [9.17, 15) is 4.79 Å². The quantitative estimate of drug-likeness (QED) is 0.300. The zero-order chi connectivity index (χ0) is 22.6. The van der Waals surface area contributed by atoms with Gasteiger partial charge >= 0.3 is 5.97 Å². The van der Waals surface area contributed by atoms with Crippen molar-refractivity contribution in [2.24, 2.45) is 4.99 Å². The van der Waals surface area contributed by atoms with Gasteiger partial charge < -0.3 is 15.8 Å². The first-order chi connectivity index (χ1) is 16.2. The predicted octanol–water partition coefficient (Wildman–Crippen LogP) is 2.80. The maximum absolute atomic E-state index is 11.1. The number of rotatable bonds is 8. The van der Waals surface area contributed by atoms with E-state index in [-0.39, 0.29) is 16.9 Å². The fourth-order valence-corrected chi connectivity index (χ4v) is 3.34. The first kappa shape index (κ1) is 20.3. The molecule has 11 heteroatoms. The maximum Gasteiger partial charge on any atom is 0.335 e. The first-order valence-electron chi connectivity index (χ1n) is 10.1. The monoisotopic (exact) mass is 442 g/mol. The zero-order valence-corrected chi connectivity index (χ0v) is 17.2. The summed E-state index contributed by atoms with van der Waals surface area (Å²) < 4.78 is 4.72. The normalized spacial score (nSPS) is 13.0. The van der Waals surface area contributed by atoms with Gasteiger partial charge in [-0.15, -0.1) is 0 Å². The van der Waals surface area contributed by atoms with Crippen LogP contribution in [0.2, 0.25) is 0 Å². The van der Waals surface area contributed by atoms with Crippen LogP contribution >= 0.6 is 0 Å². The standard InChI is InChI=1S/C22H18N8O3/c31-22(32)14-6-8-16(9-7-14)25-18-19(27-21-20(26-18)29-33-30-21)28-24-12-15-10-11-23-17(15)13-4-2-1-3-5-13/h1-10,24H,11-12H2,(H,31,32)(H,25,26,29)(H,27,28,30). The Hall–Kier alpha value is -4.64. The lowest BCUT2D eigenvalue weighted by atomic mass is 10.0. The molecule has 0 amide bonds. The summed E-state index contributed by atoms with van der Waals surface area (Å²) in [5, 5.41) is 19.7. The van der Waals surface area contributed by atoms with Gasteiger partial charge in [-0.2, -0.15) is 4.98 Å². The van der Waals surface area contributed by atoms with E-state index < -0.39 is 5.97 Å². The van der Waals surface area contributed by atoms with E-state index in [1.807, 2.05) is 30.3 Å². The molecule has 0 aliphatic carbocycles. The molecule has 0 fully saturated rings. The number of aliphatic imine (C=N–C) groups is 1. The average Bonchev–Trinajstić information content (AvgIpc) is 3.49. The van der Waals surface area contributed by atoms with Gasteiger partial charge in [0.15, 0.2) is 11.6 Å². The lowest BCUT2D eigenvalue weighted by Gasteiger charge is -2.14. The molecule has 0 saturated heterocycles. The SMILES string of the molecule is O=C(O)c1ccc(Nc2nc3nonc3nc2NNCC2=CCN=C2c2ccccc2)cc1. The number of aromatic nitrogens is 4. The highest BCUT2D eigenvalue weighted by atomic mass is 16.6. The number of hydrogen-bond acceptors (Lipinski definition) is 10. The molecule has 0 radical (unpaired) electrons. The van der Waals surface area contributed by atoms with Crippen LogP contribution in [0.25, 0.3) is 11.3 Å². The number of carbonyl (C=O) groups is 1. The number of benzene rings is 2. The molecule has 4 aromatic rings. The van der Waals surface area contributed by atoms with Crippen molar-refractivity contribution in [1.29, 1.82) is 0 Å². The number of aromatic carboxylic acids is 1. The van der Waals surface area contributed by atoms with Crippen molar-refractivity contribution in [2.75, 3.05) is 23.8 Å². The van der Waals surface area contributed by atoms with Gasteiger partial charge in [0.1, 0.15) is 0 Å². The maximum atomic E-state index is 11.1. The molecule has 0 unspecified atom stereocenters. The molecule has 11 nitrogen and oxygen atoms in total. The van der Waals surface area contributed by atoms with Crippen LogP contribution in [0.3, 0.4) is 0 Å². The van der Waals surface area contributed by atoms with Gasteiger partial charge in [-0.3, -0.25) is 4.99 Å². The minimum atomic E-state index is -0.998. The van der Waals surface area contributed by atoms with Crippen LogP contribution < -0.4 is 16.2 Å². The number of nitrogens with one attached hydrogen (secondary N) is 3. The second kappa shape index (κ2) is 8.85. The molecule has 164 valence electrons. The number of hydrazine groups is 1. The van der Waals surface area contributed by atoms with Crippen molar-refractivity contribution in [3.05, 3.63) is 77.4 Å². The van der Waals surface area contributed by atoms with Crippen molar-refractivity contribution in [1.82, 2.24) is 25.7 Å². The van der Waals surface area contributed by atoms with E-state index in [2.05, 4.69) is 47.5 Å². The number of carboxylic acids is 1. The molecule has 0 bridgehead atoms. The van der Waals surface area contributed by atoms with Gasteiger partial charge in [0.2, 0.25) is 11.3 Å². The Bertz CT molecular complexity index is 1360. The number of nitrogens with zero attached hydrogens (tertiary/aromatic N) is 5. The van der Waals surface area contributed by atoms with Crippen LogP contribution in [0.15, 0.2) is 75.9 Å². The van der Waals surface area contributed by atoms with Crippen molar-refractivity contribution in [3.63, 3.8) is 0 Å². The Labute approximate surface area is 187 Å². The van der Waals surface area contributed by atoms with Gasteiger partial charge in [0.25, 0.3) is 0 Å². The summed E-state index contributed by atoms with van der Waals surface area (Å²) in [7, 11) is 0. The van der Waals surface area contributed by atoms with Gasteiger partial charge in [0.05, 0.1) is 17.8 Å². The van der Waals surface area contributed by atoms with E-state index >= 15 is 0 Å². The Kier molecular flexibility index (Phi) is 5.43. The third-order valence-corrected chi connectivity index (χ3v) is 4.93. The molecule has 1 aliphatic heterocycles. The highest BCUT2D eigenvalue weighted by molar-refractivity contribution is 6.14. The highest BCUT2D eigenvalue weighted by Gasteiger charge is 2.16. The molecule has 0 atom stereocenters. The van der Waals surface area contributed by atoms with E-state index in [0.717, 1.165) is 16.8 Å². The molecule has 2 aromatic carbocycles. The van der Waals surface area contributed by atoms with E-state index in [1.54, 1.807) is 12.1 Å².